The second kappa shape index (κ2) is 6.69. The molecular weight excluding hydrogens is 308 g/mol. The molecule has 0 spiro atoms. The summed E-state index contributed by atoms with van der Waals surface area (Å²) >= 11 is 0. The minimum absolute atomic E-state index is 0.0900. The molecule has 0 radical (unpaired) electrons. The molecule has 2 rings (SSSR count). The summed E-state index contributed by atoms with van der Waals surface area (Å²) in [6.45, 7) is 10.2. The molecule has 0 N–H and O–H groups in total. The van der Waals surface area contributed by atoms with Gasteiger partial charge in [0.25, 0.3) is 0 Å². The first-order chi connectivity index (χ1) is 11.2. The summed E-state index contributed by atoms with van der Waals surface area (Å²) in [6, 6.07) is 0. The Morgan fingerprint density at radius 3 is 2.33 bits per heavy atom. The number of fused-ring (bicyclic) bond motifs is 2. The van der Waals surface area contributed by atoms with E-state index in [-0.39, 0.29) is 42.2 Å². The van der Waals surface area contributed by atoms with E-state index in [9.17, 15) is 14.4 Å². The van der Waals surface area contributed by atoms with E-state index in [1.54, 1.807) is 19.9 Å². The molecule has 0 heterocycles. The summed E-state index contributed by atoms with van der Waals surface area (Å²) in [5.41, 5.74) is 0.183. The number of hydrogen-bond acceptors (Lipinski definition) is 5. The van der Waals surface area contributed by atoms with Crippen molar-refractivity contribution < 1.29 is 23.9 Å². The molecule has 2 saturated carbocycles. The standard InChI is InChI=1S/C19H28O5/c1-6-23-15(20)11-12(17(22)24-7-2)10-13-14-8-9-19(5,16(13)21)18(14,3)4/h10,12,14H,6-9,11H2,1-5H3/b13-10+/t12-,14-,19-/m0/s1. The quantitative estimate of drug-likeness (QED) is 0.551. The van der Waals surface area contributed by atoms with Crippen LogP contribution >= 0.6 is 0 Å². The van der Waals surface area contributed by atoms with Gasteiger partial charge in [-0.2, -0.15) is 0 Å². The van der Waals surface area contributed by atoms with Crippen molar-refractivity contribution >= 4 is 17.7 Å². The van der Waals surface area contributed by atoms with Crippen LogP contribution in [0.1, 0.15) is 53.9 Å². The van der Waals surface area contributed by atoms with E-state index >= 15 is 0 Å². The van der Waals surface area contributed by atoms with Gasteiger partial charge < -0.3 is 9.47 Å². The van der Waals surface area contributed by atoms with Gasteiger partial charge in [-0.3, -0.25) is 14.4 Å². The maximum Gasteiger partial charge on any atom is 0.313 e. The third-order valence-electron chi connectivity index (χ3n) is 6.03. The maximum absolute atomic E-state index is 12.9. The molecule has 0 saturated heterocycles. The number of carbonyl (C=O) groups is 3. The predicted octanol–water partition coefficient (Wildman–Crippen LogP) is 3.07. The summed E-state index contributed by atoms with van der Waals surface area (Å²) in [5, 5.41) is 0. The molecule has 2 aliphatic carbocycles. The van der Waals surface area contributed by atoms with Crippen LogP contribution in [0.5, 0.6) is 0 Å². The zero-order valence-electron chi connectivity index (χ0n) is 15.3. The van der Waals surface area contributed by atoms with Gasteiger partial charge in [-0.1, -0.05) is 26.8 Å². The van der Waals surface area contributed by atoms with Crippen LogP contribution in [0.4, 0.5) is 0 Å². The number of Topliss-reactive ketones (excluding diaryl/α,β-unsaturated/α-hetero) is 1. The summed E-state index contributed by atoms with van der Waals surface area (Å²) in [7, 11) is 0. The average molecular weight is 336 g/mol. The highest BCUT2D eigenvalue weighted by Gasteiger charge is 2.64. The zero-order valence-corrected chi connectivity index (χ0v) is 15.3. The summed E-state index contributed by atoms with van der Waals surface area (Å²) in [5.74, 6) is -1.44. The molecule has 134 valence electrons. The minimum atomic E-state index is -0.762. The van der Waals surface area contributed by atoms with Crippen LogP contribution in [-0.2, 0) is 23.9 Å². The number of esters is 2. The lowest BCUT2D eigenvalue weighted by Crippen LogP contribution is -2.32. The topological polar surface area (TPSA) is 69.7 Å². The van der Waals surface area contributed by atoms with Crippen molar-refractivity contribution in [2.75, 3.05) is 13.2 Å². The Bertz CT molecular complexity index is 574. The lowest BCUT2D eigenvalue weighted by atomic mass is 9.70. The molecule has 0 amide bonds. The van der Waals surface area contributed by atoms with Gasteiger partial charge >= 0.3 is 11.9 Å². The van der Waals surface area contributed by atoms with Gasteiger partial charge in [0.2, 0.25) is 0 Å². The number of hydrogen-bond donors (Lipinski definition) is 0. The first-order valence-corrected chi connectivity index (χ1v) is 8.77. The Hall–Kier alpha value is -1.65. The molecule has 3 atom stereocenters. The van der Waals surface area contributed by atoms with E-state index in [1.165, 1.54) is 0 Å². The number of ether oxygens (including phenoxy) is 2. The first-order valence-electron chi connectivity index (χ1n) is 8.77. The molecule has 0 aromatic carbocycles. The molecule has 2 bridgehead atoms. The highest BCUT2D eigenvalue weighted by molar-refractivity contribution is 6.05. The first kappa shape index (κ1) is 18.7. The lowest BCUT2D eigenvalue weighted by molar-refractivity contribution is -0.153. The van der Waals surface area contributed by atoms with E-state index in [1.807, 2.05) is 6.92 Å². The van der Waals surface area contributed by atoms with E-state index < -0.39 is 17.9 Å². The molecule has 0 aliphatic heterocycles. The number of allylic oxidation sites excluding steroid dienone is 1. The van der Waals surface area contributed by atoms with Gasteiger partial charge in [-0.05, 0) is 43.6 Å². The molecule has 5 nitrogen and oxygen atoms in total. The molecule has 0 aromatic heterocycles. The second-order valence-corrected chi connectivity index (χ2v) is 7.46. The van der Waals surface area contributed by atoms with Crippen LogP contribution in [-0.4, -0.2) is 30.9 Å². The van der Waals surface area contributed by atoms with Gasteiger partial charge in [0, 0.05) is 5.41 Å². The molecule has 2 fully saturated rings. The lowest BCUT2D eigenvalue weighted by Gasteiger charge is -2.31. The number of carbonyl (C=O) groups excluding carboxylic acids is 3. The summed E-state index contributed by atoms with van der Waals surface area (Å²) in [4.78, 5) is 37.0. The van der Waals surface area contributed by atoms with Crippen molar-refractivity contribution in [3.63, 3.8) is 0 Å². The summed E-state index contributed by atoms with van der Waals surface area (Å²) < 4.78 is 10.0. The molecule has 2 aliphatic rings. The third-order valence-corrected chi connectivity index (χ3v) is 6.03. The summed E-state index contributed by atoms with van der Waals surface area (Å²) in [6.07, 6.45) is 3.40. The maximum atomic E-state index is 12.9. The fraction of sp³-hybridized carbons (Fsp3) is 0.737. The Labute approximate surface area is 143 Å². The largest absolute Gasteiger partial charge is 0.466 e. The van der Waals surface area contributed by atoms with E-state index in [2.05, 4.69) is 13.8 Å². The molecule has 0 unspecified atom stereocenters. The smallest absolute Gasteiger partial charge is 0.313 e. The average Bonchev–Trinajstić information content (AvgIpc) is 2.81. The van der Waals surface area contributed by atoms with E-state index in [0.29, 0.717) is 5.57 Å². The Morgan fingerprint density at radius 2 is 1.83 bits per heavy atom. The Balaban J connectivity index is 2.31. The van der Waals surface area contributed by atoms with Crippen LogP contribution in [0.15, 0.2) is 11.6 Å². The van der Waals surface area contributed by atoms with Crippen LogP contribution < -0.4 is 0 Å². The molecular formula is C19H28O5. The van der Waals surface area contributed by atoms with Gasteiger partial charge in [0.05, 0.1) is 25.6 Å². The van der Waals surface area contributed by atoms with Crippen molar-refractivity contribution in [2.24, 2.45) is 22.7 Å². The number of ketones is 1. The number of rotatable bonds is 6. The molecule has 5 heteroatoms. The fourth-order valence-electron chi connectivity index (χ4n) is 4.20. The van der Waals surface area contributed by atoms with Crippen LogP contribution in [0.2, 0.25) is 0 Å². The molecule has 24 heavy (non-hydrogen) atoms. The van der Waals surface area contributed by atoms with E-state index in [4.69, 9.17) is 9.47 Å². The predicted molar refractivity (Wildman–Crippen MR) is 89.1 cm³/mol. The van der Waals surface area contributed by atoms with Crippen molar-refractivity contribution in [2.45, 2.75) is 53.9 Å². The van der Waals surface area contributed by atoms with Gasteiger partial charge in [0.1, 0.15) is 0 Å². The SMILES string of the molecule is CCOC(=O)C[C@H](/C=C1/C(=O)[C@]2(C)CC[C@@H]1C2(C)C)C(=O)OCC. The van der Waals surface area contributed by atoms with E-state index in [0.717, 1.165) is 12.8 Å². The highest BCUT2D eigenvalue weighted by Crippen LogP contribution is 2.65. The zero-order chi connectivity index (χ0) is 18.1. The minimum Gasteiger partial charge on any atom is -0.466 e. The highest BCUT2D eigenvalue weighted by atomic mass is 16.5. The third kappa shape index (κ3) is 2.89. The van der Waals surface area contributed by atoms with Crippen molar-refractivity contribution in [3.8, 4) is 0 Å². The van der Waals surface area contributed by atoms with Gasteiger partial charge in [0.15, 0.2) is 5.78 Å². The van der Waals surface area contributed by atoms with Crippen LogP contribution in [0, 0.1) is 22.7 Å². The van der Waals surface area contributed by atoms with Crippen LogP contribution in [0.25, 0.3) is 0 Å². The van der Waals surface area contributed by atoms with Crippen molar-refractivity contribution in [1.82, 2.24) is 0 Å². The fourth-order valence-corrected chi connectivity index (χ4v) is 4.20. The van der Waals surface area contributed by atoms with Crippen molar-refractivity contribution in [3.05, 3.63) is 11.6 Å². The second-order valence-electron chi connectivity index (χ2n) is 7.46. The Kier molecular flexibility index (Phi) is 5.21. The normalized spacial score (nSPS) is 30.5. The van der Waals surface area contributed by atoms with Gasteiger partial charge in [-0.25, -0.2) is 0 Å². The van der Waals surface area contributed by atoms with Gasteiger partial charge in [-0.15, -0.1) is 0 Å². The van der Waals surface area contributed by atoms with Crippen molar-refractivity contribution in [1.29, 1.82) is 0 Å². The monoisotopic (exact) mass is 336 g/mol. The van der Waals surface area contributed by atoms with Crippen LogP contribution in [0.3, 0.4) is 0 Å². The molecule has 0 aromatic rings. The Morgan fingerprint density at radius 1 is 1.21 bits per heavy atom.